The van der Waals surface area contributed by atoms with Crippen molar-refractivity contribution in [2.45, 2.75) is 12.5 Å². The molecule has 0 amide bonds. The lowest BCUT2D eigenvalue weighted by atomic mass is 10.1. The molecule has 106 valence electrons. The molecule has 0 saturated carbocycles. The van der Waals surface area contributed by atoms with E-state index < -0.39 is 0 Å². The molecule has 1 aromatic rings. The highest BCUT2D eigenvalue weighted by molar-refractivity contribution is 6.32. The van der Waals surface area contributed by atoms with Crippen LogP contribution in [0.15, 0.2) is 12.1 Å². The molecule has 0 radical (unpaired) electrons. The number of aliphatic hydroxyl groups is 1. The van der Waals surface area contributed by atoms with Gasteiger partial charge in [-0.05, 0) is 17.7 Å². The largest absolute Gasteiger partial charge is 0.489 e. The van der Waals surface area contributed by atoms with Gasteiger partial charge in [-0.1, -0.05) is 11.6 Å². The Morgan fingerprint density at radius 2 is 2.16 bits per heavy atom. The maximum absolute atomic E-state index is 8.80. The van der Waals surface area contributed by atoms with Crippen molar-refractivity contribution in [1.82, 2.24) is 0 Å². The van der Waals surface area contributed by atoms with Crippen LogP contribution in [0.3, 0.4) is 0 Å². The van der Waals surface area contributed by atoms with Crippen molar-refractivity contribution in [3.63, 3.8) is 0 Å². The molecule has 1 unspecified atom stereocenters. The molecule has 2 rings (SSSR count). The van der Waals surface area contributed by atoms with Crippen molar-refractivity contribution in [2.24, 2.45) is 5.73 Å². The number of hydrogen-bond acceptors (Lipinski definition) is 5. The molecule has 3 N–H and O–H groups in total. The van der Waals surface area contributed by atoms with Crippen molar-refractivity contribution < 1.29 is 19.3 Å². The lowest BCUT2D eigenvalue weighted by Gasteiger charge is -2.18. The average Bonchev–Trinajstić information content (AvgIpc) is 2.65. The fourth-order valence-electron chi connectivity index (χ4n) is 1.93. The van der Waals surface area contributed by atoms with Gasteiger partial charge >= 0.3 is 0 Å². The van der Waals surface area contributed by atoms with E-state index in [1.54, 1.807) is 6.07 Å². The second kappa shape index (κ2) is 6.96. The van der Waals surface area contributed by atoms with Gasteiger partial charge in [0.15, 0.2) is 11.5 Å². The van der Waals surface area contributed by atoms with Crippen LogP contribution in [0.4, 0.5) is 0 Å². The average molecular weight is 288 g/mol. The van der Waals surface area contributed by atoms with Crippen LogP contribution in [0, 0.1) is 0 Å². The predicted molar refractivity (Wildman–Crippen MR) is 71.9 cm³/mol. The van der Waals surface area contributed by atoms with E-state index in [0.29, 0.717) is 36.3 Å². The van der Waals surface area contributed by atoms with Crippen molar-refractivity contribution in [3.8, 4) is 11.5 Å². The van der Waals surface area contributed by atoms with Crippen molar-refractivity contribution in [2.75, 3.05) is 33.0 Å². The number of aliphatic hydroxyl groups excluding tert-OH is 1. The zero-order chi connectivity index (χ0) is 13.7. The van der Waals surface area contributed by atoms with Crippen LogP contribution in [0.2, 0.25) is 5.02 Å². The van der Waals surface area contributed by atoms with Crippen LogP contribution in [0.25, 0.3) is 0 Å². The number of ether oxygens (including phenoxy) is 3. The Labute approximate surface area is 117 Å². The van der Waals surface area contributed by atoms with Gasteiger partial charge in [0.1, 0.15) is 0 Å². The van der Waals surface area contributed by atoms with Crippen LogP contribution in [0.5, 0.6) is 11.5 Å². The number of nitrogens with two attached hydrogens (primary N) is 1. The summed E-state index contributed by atoms with van der Waals surface area (Å²) < 4.78 is 16.6. The molecule has 1 atom stereocenters. The van der Waals surface area contributed by atoms with Crippen LogP contribution in [-0.4, -0.2) is 38.1 Å². The SMILES string of the molecule is NCC(OCCO)c1cc(Cl)c2c(c1)OCCCO2. The third-order valence-electron chi connectivity index (χ3n) is 2.82. The topological polar surface area (TPSA) is 73.9 Å². The van der Waals surface area contributed by atoms with Gasteiger partial charge in [-0.3, -0.25) is 0 Å². The smallest absolute Gasteiger partial charge is 0.179 e. The summed E-state index contributed by atoms with van der Waals surface area (Å²) in [6, 6.07) is 3.60. The fourth-order valence-corrected chi connectivity index (χ4v) is 2.21. The number of hydrogen-bond donors (Lipinski definition) is 2. The van der Waals surface area contributed by atoms with E-state index in [9.17, 15) is 0 Å². The lowest BCUT2D eigenvalue weighted by Crippen LogP contribution is -2.17. The third kappa shape index (κ3) is 3.51. The summed E-state index contributed by atoms with van der Waals surface area (Å²) in [4.78, 5) is 0. The number of rotatable bonds is 5. The summed E-state index contributed by atoms with van der Waals surface area (Å²) in [5, 5.41) is 9.29. The summed E-state index contributed by atoms with van der Waals surface area (Å²) in [6.45, 7) is 1.67. The first-order chi connectivity index (χ1) is 9.26. The standard InChI is InChI=1S/C13H18ClNO4/c14-10-6-9(12(8-15)18-5-2-16)7-11-13(10)19-4-1-3-17-11/h6-7,12,16H,1-5,8,15H2. The molecule has 0 bridgehead atoms. The van der Waals surface area contributed by atoms with Crippen LogP contribution in [-0.2, 0) is 4.74 Å². The summed E-state index contributed by atoms with van der Waals surface area (Å²) in [5.41, 5.74) is 6.51. The molecule has 19 heavy (non-hydrogen) atoms. The molecule has 1 aliphatic heterocycles. The summed E-state index contributed by atoms with van der Waals surface area (Å²) in [5.74, 6) is 1.19. The Morgan fingerprint density at radius 3 is 2.89 bits per heavy atom. The maximum atomic E-state index is 8.80. The summed E-state index contributed by atoms with van der Waals surface area (Å²) in [7, 11) is 0. The second-order valence-corrected chi connectivity index (χ2v) is 4.61. The quantitative estimate of drug-likeness (QED) is 0.859. The highest BCUT2D eigenvalue weighted by Gasteiger charge is 2.19. The van der Waals surface area contributed by atoms with Gasteiger partial charge < -0.3 is 25.1 Å². The van der Waals surface area contributed by atoms with E-state index >= 15 is 0 Å². The first-order valence-electron chi connectivity index (χ1n) is 6.28. The highest BCUT2D eigenvalue weighted by Crippen LogP contribution is 2.39. The van der Waals surface area contributed by atoms with Crippen molar-refractivity contribution >= 4 is 11.6 Å². The number of benzene rings is 1. The molecule has 0 spiro atoms. The number of halogens is 1. The molecular formula is C13H18ClNO4. The Bertz CT molecular complexity index is 427. The van der Waals surface area contributed by atoms with Gasteiger partial charge in [0.25, 0.3) is 0 Å². The van der Waals surface area contributed by atoms with Crippen molar-refractivity contribution in [3.05, 3.63) is 22.7 Å². The van der Waals surface area contributed by atoms with Crippen LogP contribution in [0.1, 0.15) is 18.1 Å². The van der Waals surface area contributed by atoms with E-state index in [-0.39, 0.29) is 19.3 Å². The van der Waals surface area contributed by atoms with Gasteiger partial charge in [-0.15, -0.1) is 0 Å². The van der Waals surface area contributed by atoms with Gasteiger partial charge in [-0.2, -0.15) is 0 Å². The van der Waals surface area contributed by atoms with Gasteiger partial charge in [-0.25, -0.2) is 0 Å². The molecule has 1 aromatic carbocycles. The Balaban J connectivity index is 2.26. The molecule has 5 nitrogen and oxygen atoms in total. The van der Waals surface area contributed by atoms with Gasteiger partial charge in [0.2, 0.25) is 0 Å². The van der Waals surface area contributed by atoms with Gasteiger partial charge in [0.05, 0.1) is 37.6 Å². The minimum atomic E-state index is -0.318. The lowest BCUT2D eigenvalue weighted by molar-refractivity contribution is 0.0327. The molecule has 1 heterocycles. The predicted octanol–water partition coefficient (Wildman–Crippen LogP) is 1.51. The van der Waals surface area contributed by atoms with E-state index in [0.717, 1.165) is 12.0 Å². The zero-order valence-corrected chi connectivity index (χ0v) is 11.4. The summed E-state index contributed by atoms with van der Waals surface area (Å²) in [6.07, 6.45) is 0.503. The minimum Gasteiger partial charge on any atom is -0.489 e. The Morgan fingerprint density at radius 1 is 1.37 bits per heavy atom. The monoisotopic (exact) mass is 287 g/mol. The third-order valence-corrected chi connectivity index (χ3v) is 3.10. The summed E-state index contributed by atoms with van der Waals surface area (Å²) >= 11 is 6.20. The van der Waals surface area contributed by atoms with Crippen LogP contribution < -0.4 is 15.2 Å². The maximum Gasteiger partial charge on any atom is 0.179 e. The molecule has 6 heteroatoms. The first-order valence-corrected chi connectivity index (χ1v) is 6.65. The van der Waals surface area contributed by atoms with E-state index in [2.05, 4.69) is 0 Å². The van der Waals surface area contributed by atoms with Crippen molar-refractivity contribution in [1.29, 1.82) is 0 Å². The molecular weight excluding hydrogens is 270 g/mol. The molecule has 1 aliphatic rings. The molecule has 0 saturated heterocycles. The van der Waals surface area contributed by atoms with E-state index in [1.165, 1.54) is 0 Å². The molecule has 0 fully saturated rings. The fraction of sp³-hybridized carbons (Fsp3) is 0.538. The normalized spacial score (nSPS) is 15.9. The Kier molecular flexibility index (Phi) is 5.27. The minimum absolute atomic E-state index is 0.0468. The Hall–Kier alpha value is -1.01. The molecule has 0 aromatic heterocycles. The van der Waals surface area contributed by atoms with Crippen LogP contribution >= 0.6 is 11.6 Å². The van der Waals surface area contributed by atoms with E-state index in [1.807, 2.05) is 6.07 Å². The van der Waals surface area contributed by atoms with Gasteiger partial charge in [0, 0.05) is 13.0 Å². The number of fused-ring (bicyclic) bond motifs is 1. The zero-order valence-electron chi connectivity index (χ0n) is 10.6. The second-order valence-electron chi connectivity index (χ2n) is 4.20. The highest BCUT2D eigenvalue weighted by atomic mass is 35.5. The molecule has 0 aliphatic carbocycles. The van der Waals surface area contributed by atoms with E-state index in [4.69, 9.17) is 36.7 Å². The first kappa shape index (κ1) is 14.4.